The van der Waals surface area contributed by atoms with Crippen molar-refractivity contribution in [3.63, 3.8) is 0 Å². The van der Waals surface area contributed by atoms with Crippen LogP contribution in [0, 0.1) is 11.7 Å². The number of β-lactam (4-membered cyclic amide) rings is 1. The molecule has 2 aliphatic rings. The number of benzene rings is 1. The summed E-state index contributed by atoms with van der Waals surface area (Å²) in [5.74, 6) is -2.75. The average Bonchev–Trinajstić information content (AvgIpc) is 2.68. The standard InChI is InChI=1S/C20H23F4N3O3/c1-26(14-9-5-8-13(21)10-14)18(29)15-11-16(28)27(15)19(30)25-17(20(22,23)24)12-6-3-2-4-7-12/h5,8-10,12,15,17H,2-4,6-7,11H2,1H3,(H,25,30). The van der Waals surface area contributed by atoms with E-state index in [0.717, 1.165) is 17.4 Å². The molecule has 1 saturated heterocycles. The van der Waals surface area contributed by atoms with Crippen molar-refractivity contribution < 1.29 is 31.9 Å². The van der Waals surface area contributed by atoms with Crippen molar-refractivity contribution in [1.82, 2.24) is 10.2 Å². The summed E-state index contributed by atoms with van der Waals surface area (Å²) in [7, 11) is 1.34. The van der Waals surface area contributed by atoms with Gasteiger partial charge in [-0.3, -0.25) is 14.5 Å². The molecular formula is C20H23F4N3O3. The van der Waals surface area contributed by atoms with Crippen LogP contribution in [-0.4, -0.2) is 48.1 Å². The molecule has 0 radical (unpaired) electrons. The van der Waals surface area contributed by atoms with Gasteiger partial charge < -0.3 is 10.2 Å². The van der Waals surface area contributed by atoms with E-state index in [1.165, 1.54) is 25.2 Å². The first kappa shape index (κ1) is 22.0. The molecule has 1 aromatic carbocycles. The lowest BCUT2D eigenvalue weighted by atomic mass is 9.83. The predicted octanol–water partition coefficient (Wildman–Crippen LogP) is 3.61. The topological polar surface area (TPSA) is 69.7 Å². The smallest absolute Gasteiger partial charge is 0.325 e. The maximum atomic E-state index is 13.6. The normalized spacial score (nSPS) is 21.0. The molecule has 3 rings (SSSR count). The van der Waals surface area contributed by atoms with Crippen LogP contribution in [0.1, 0.15) is 38.5 Å². The van der Waals surface area contributed by atoms with Gasteiger partial charge in [-0.05, 0) is 37.0 Å². The van der Waals surface area contributed by atoms with Crippen LogP contribution in [0.15, 0.2) is 24.3 Å². The Morgan fingerprint density at radius 1 is 1.20 bits per heavy atom. The van der Waals surface area contributed by atoms with Gasteiger partial charge in [-0.25, -0.2) is 9.18 Å². The van der Waals surface area contributed by atoms with E-state index in [1.54, 1.807) is 0 Å². The van der Waals surface area contributed by atoms with E-state index in [9.17, 15) is 31.9 Å². The number of anilines is 1. The fourth-order valence-electron chi connectivity index (χ4n) is 4.04. The molecule has 2 unspecified atom stereocenters. The number of urea groups is 1. The van der Waals surface area contributed by atoms with Gasteiger partial charge in [0, 0.05) is 12.7 Å². The Kier molecular flexibility index (Phi) is 6.33. The van der Waals surface area contributed by atoms with E-state index >= 15 is 0 Å². The summed E-state index contributed by atoms with van der Waals surface area (Å²) in [6.45, 7) is 0. The van der Waals surface area contributed by atoms with Crippen molar-refractivity contribution in [2.75, 3.05) is 11.9 Å². The monoisotopic (exact) mass is 429 g/mol. The fraction of sp³-hybridized carbons (Fsp3) is 0.550. The molecule has 6 nitrogen and oxygen atoms in total. The number of imide groups is 1. The van der Waals surface area contributed by atoms with Gasteiger partial charge in [0.15, 0.2) is 0 Å². The van der Waals surface area contributed by atoms with Crippen LogP contribution in [0.25, 0.3) is 0 Å². The molecule has 4 amide bonds. The van der Waals surface area contributed by atoms with Crippen molar-refractivity contribution in [2.45, 2.75) is 56.8 Å². The number of alkyl halides is 3. The molecule has 1 heterocycles. The zero-order valence-electron chi connectivity index (χ0n) is 16.4. The minimum atomic E-state index is -4.66. The SMILES string of the molecule is CN(C(=O)C1CC(=O)N1C(=O)NC(C1CCCCC1)C(F)(F)F)c1cccc(F)c1. The molecule has 164 valence electrons. The summed E-state index contributed by atoms with van der Waals surface area (Å²) in [6, 6.07) is 0.617. The number of nitrogens with one attached hydrogen (secondary N) is 1. The Morgan fingerprint density at radius 2 is 1.87 bits per heavy atom. The highest BCUT2D eigenvalue weighted by molar-refractivity contribution is 6.11. The predicted molar refractivity (Wildman–Crippen MR) is 100 cm³/mol. The number of nitrogens with zero attached hydrogens (tertiary/aromatic N) is 2. The second kappa shape index (κ2) is 8.61. The summed E-state index contributed by atoms with van der Waals surface area (Å²) in [5.41, 5.74) is 0.204. The molecule has 2 atom stereocenters. The van der Waals surface area contributed by atoms with Crippen LogP contribution in [0.2, 0.25) is 0 Å². The third-order valence-corrected chi connectivity index (χ3v) is 5.73. The molecule has 1 aliphatic carbocycles. The summed E-state index contributed by atoms with van der Waals surface area (Å²) < 4.78 is 54.1. The van der Waals surface area contributed by atoms with Gasteiger partial charge in [-0.15, -0.1) is 0 Å². The number of carbonyl (C=O) groups is 3. The quantitative estimate of drug-likeness (QED) is 0.587. The Bertz CT molecular complexity index is 824. The maximum Gasteiger partial charge on any atom is 0.408 e. The van der Waals surface area contributed by atoms with E-state index in [4.69, 9.17) is 0 Å². The summed E-state index contributed by atoms with van der Waals surface area (Å²) in [6.07, 6.45) is -2.14. The van der Waals surface area contributed by atoms with Crippen LogP contribution in [0.4, 0.5) is 28.0 Å². The number of rotatable bonds is 4. The molecule has 1 aromatic rings. The number of hydrogen-bond acceptors (Lipinski definition) is 3. The number of likely N-dealkylation sites (N-methyl/N-ethyl adjacent to an activating group) is 1. The number of halogens is 4. The Morgan fingerprint density at radius 3 is 2.43 bits per heavy atom. The molecule has 10 heteroatoms. The average molecular weight is 429 g/mol. The zero-order valence-corrected chi connectivity index (χ0v) is 16.4. The minimum absolute atomic E-state index is 0.204. The van der Waals surface area contributed by atoms with Crippen molar-refractivity contribution >= 4 is 23.5 Å². The maximum absolute atomic E-state index is 13.6. The second-order valence-corrected chi connectivity index (χ2v) is 7.73. The minimum Gasteiger partial charge on any atom is -0.325 e. The lowest BCUT2D eigenvalue weighted by Crippen LogP contribution is -2.66. The molecule has 30 heavy (non-hydrogen) atoms. The van der Waals surface area contributed by atoms with Gasteiger partial charge in [0.2, 0.25) is 5.91 Å². The molecule has 0 aromatic heterocycles. The highest BCUT2D eigenvalue weighted by Gasteiger charge is 2.51. The van der Waals surface area contributed by atoms with Crippen molar-refractivity contribution in [3.8, 4) is 0 Å². The lowest BCUT2D eigenvalue weighted by Gasteiger charge is -2.41. The van der Waals surface area contributed by atoms with Gasteiger partial charge in [0.05, 0.1) is 6.42 Å². The summed E-state index contributed by atoms with van der Waals surface area (Å²) in [5, 5.41) is 1.94. The van der Waals surface area contributed by atoms with Gasteiger partial charge in [0.1, 0.15) is 17.9 Å². The molecule has 0 spiro atoms. The van der Waals surface area contributed by atoms with E-state index in [1.807, 2.05) is 5.32 Å². The number of amides is 4. The molecule has 0 bridgehead atoms. The molecular weight excluding hydrogens is 406 g/mol. The highest BCUT2D eigenvalue weighted by atomic mass is 19.4. The van der Waals surface area contributed by atoms with E-state index in [-0.39, 0.29) is 12.1 Å². The van der Waals surface area contributed by atoms with Crippen molar-refractivity contribution in [3.05, 3.63) is 30.1 Å². The van der Waals surface area contributed by atoms with Crippen molar-refractivity contribution in [1.29, 1.82) is 0 Å². The summed E-state index contributed by atoms with van der Waals surface area (Å²) in [4.78, 5) is 38.8. The van der Waals surface area contributed by atoms with Gasteiger partial charge in [0.25, 0.3) is 5.91 Å². The Labute approximate surface area is 171 Å². The van der Waals surface area contributed by atoms with Gasteiger partial charge in [-0.1, -0.05) is 25.3 Å². The lowest BCUT2D eigenvalue weighted by molar-refractivity contribution is -0.169. The Balaban J connectivity index is 1.72. The third kappa shape index (κ3) is 4.57. The van der Waals surface area contributed by atoms with Crippen LogP contribution < -0.4 is 10.2 Å². The van der Waals surface area contributed by atoms with Crippen molar-refractivity contribution in [2.24, 2.45) is 5.92 Å². The highest BCUT2D eigenvalue weighted by Crippen LogP contribution is 2.35. The number of carbonyl (C=O) groups excluding carboxylic acids is 3. The first-order valence-electron chi connectivity index (χ1n) is 9.82. The number of likely N-dealkylation sites (tertiary alicyclic amines) is 1. The zero-order chi connectivity index (χ0) is 22.1. The fourth-order valence-corrected chi connectivity index (χ4v) is 4.04. The van der Waals surface area contributed by atoms with E-state index < -0.39 is 47.8 Å². The van der Waals surface area contributed by atoms with Crippen LogP contribution in [0.3, 0.4) is 0 Å². The molecule has 1 saturated carbocycles. The third-order valence-electron chi connectivity index (χ3n) is 5.73. The second-order valence-electron chi connectivity index (χ2n) is 7.73. The molecule has 1 aliphatic heterocycles. The van der Waals surface area contributed by atoms with Gasteiger partial charge >= 0.3 is 12.2 Å². The van der Waals surface area contributed by atoms with E-state index in [0.29, 0.717) is 30.6 Å². The van der Waals surface area contributed by atoms with Crippen LogP contribution >= 0.6 is 0 Å². The number of hydrogen-bond donors (Lipinski definition) is 1. The molecule has 1 N–H and O–H groups in total. The van der Waals surface area contributed by atoms with E-state index in [2.05, 4.69) is 0 Å². The molecule has 2 fully saturated rings. The van der Waals surface area contributed by atoms with Gasteiger partial charge in [-0.2, -0.15) is 13.2 Å². The first-order chi connectivity index (χ1) is 14.1. The van der Waals surface area contributed by atoms with Crippen LogP contribution in [0.5, 0.6) is 0 Å². The first-order valence-corrected chi connectivity index (χ1v) is 9.82. The van der Waals surface area contributed by atoms with Crippen LogP contribution in [-0.2, 0) is 9.59 Å². The largest absolute Gasteiger partial charge is 0.408 e. The summed E-state index contributed by atoms with van der Waals surface area (Å²) >= 11 is 0. The Hall–Kier alpha value is -2.65.